The summed E-state index contributed by atoms with van der Waals surface area (Å²) >= 11 is 0. The van der Waals surface area contributed by atoms with Gasteiger partial charge in [-0.3, -0.25) is 4.52 Å². The van der Waals surface area contributed by atoms with E-state index in [1.165, 1.54) is 0 Å². The summed E-state index contributed by atoms with van der Waals surface area (Å²) in [5.74, 6) is -2.13. The minimum Gasteiger partial charge on any atom is -0.462 e. The van der Waals surface area contributed by atoms with Crippen LogP contribution in [0.3, 0.4) is 0 Å². The molecule has 0 N–H and O–H groups in total. The molecule has 4 rings (SSSR count). The molecule has 0 amide bonds. The Morgan fingerprint density at radius 3 is 3.00 bits per heavy atom. The number of cyclic esters (lactones) is 1. The van der Waals surface area contributed by atoms with Crippen molar-refractivity contribution in [2.45, 2.75) is 24.7 Å². The predicted octanol–water partition coefficient (Wildman–Crippen LogP) is 0.573. The van der Waals surface area contributed by atoms with Gasteiger partial charge < -0.3 is 4.74 Å². The summed E-state index contributed by atoms with van der Waals surface area (Å²) < 4.78 is 30.7. The summed E-state index contributed by atoms with van der Waals surface area (Å²) in [6, 6.07) is 0. The van der Waals surface area contributed by atoms with E-state index >= 15 is 0 Å². The number of carbonyl (C=O) groups excluding carboxylic acids is 1. The van der Waals surface area contributed by atoms with Gasteiger partial charge in [0.2, 0.25) is 0 Å². The lowest BCUT2D eigenvalue weighted by molar-refractivity contribution is -0.214. The standard InChI is InChI=1S/C6H7O6P/c7-5-6-4(2-1-3-9-5)10-13(8,11-6)12-6/h4H,1-3H2. The summed E-state index contributed by atoms with van der Waals surface area (Å²) in [5, 5.41) is 0. The van der Waals surface area contributed by atoms with E-state index in [0.29, 0.717) is 19.4 Å². The van der Waals surface area contributed by atoms with Crippen molar-refractivity contribution in [3.05, 3.63) is 0 Å². The Morgan fingerprint density at radius 2 is 2.23 bits per heavy atom. The van der Waals surface area contributed by atoms with Gasteiger partial charge in [0, 0.05) is 0 Å². The molecule has 1 spiro atoms. The average molecular weight is 206 g/mol. The van der Waals surface area contributed by atoms with Gasteiger partial charge in [0.25, 0.3) is 0 Å². The van der Waals surface area contributed by atoms with Gasteiger partial charge in [-0.2, -0.15) is 0 Å². The number of rotatable bonds is 0. The van der Waals surface area contributed by atoms with Crippen molar-refractivity contribution < 1.29 is 27.7 Å². The van der Waals surface area contributed by atoms with Gasteiger partial charge in [-0.05, 0) is 12.8 Å². The second kappa shape index (κ2) is 2.15. The van der Waals surface area contributed by atoms with E-state index in [-0.39, 0.29) is 0 Å². The molecule has 4 saturated heterocycles. The van der Waals surface area contributed by atoms with Crippen LogP contribution in [0.15, 0.2) is 0 Å². The lowest BCUT2D eigenvalue weighted by Gasteiger charge is -2.31. The number of hydrogen-bond acceptors (Lipinski definition) is 6. The summed E-state index contributed by atoms with van der Waals surface area (Å²) in [4.78, 5) is 11.3. The van der Waals surface area contributed by atoms with Crippen molar-refractivity contribution in [3.8, 4) is 0 Å². The van der Waals surface area contributed by atoms with Crippen LogP contribution >= 0.6 is 7.82 Å². The zero-order valence-electron chi connectivity index (χ0n) is 6.60. The summed E-state index contributed by atoms with van der Waals surface area (Å²) in [5.41, 5.74) is 0. The third-order valence-corrected chi connectivity index (χ3v) is 3.81. The number of esters is 1. The summed E-state index contributed by atoms with van der Waals surface area (Å²) in [6.45, 7) is 0.331. The van der Waals surface area contributed by atoms with Crippen molar-refractivity contribution in [3.63, 3.8) is 0 Å². The van der Waals surface area contributed by atoms with E-state index in [0.717, 1.165) is 0 Å². The second-order valence-corrected chi connectivity index (χ2v) is 4.64. The predicted molar refractivity (Wildman–Crippen MR) is 37.6 cm³/mol. The van der Waals surface area contributed by atoms with Gasteiger partial charge in [-0.25, -0.2) is 18.4 Å². The van der Waals surface area contributed by atoms with Gasteiger partial charge in [0.15, 0.2) is 0 Å². The Kier molecular flexibility index (Phi) is 1.31. The first-order chi connectivity index (χ1) is 6.15. The Bertz CT molecular complexity index is 315. The molecule has 0 aromatic heterocycles. The van der Waals surface area contributed by atoms with Crippen LogP contribution in [0.25, 0.3) is 0 Å². The Hall–Kier alpha value is -0.420. The van der Waals surface area contributed by atoms with Crippen molar-refractivity contribution >= 4 is 13.8 Å². The molecule has 72 valence electrons. The van der Waals surface area contributed by atoms with E-state index in [2.05, 4.69) is 0 Å². The SMILES string of the molecule is O=C1OCCCC2OP3(=O)OC12O3. The van der Waals surface area contributed by atoms with E-state index in [1.54, 1.807) is 0 Å². The first-order valence-electron chi connectivity index (χ1n) is 4.02. The van der Waals surface area contributed by atoms with E-state index in [9.17, 15) is 9.36 Å². The van der Waals surface area contributed by atoms with Gasteiger partial charge in [0.05, 0.1) is 6.61 Å². The molecule has 1 atom stereocenters. The van der Waals surface area contributed by atoms with Crippen LogP contribution in [0.5, 0.6) is 0 Å². The van der Waals surface area contributed by atoms with Gasteiger partial charge in [-0.1, -0.05) is 0 Å². The number of hydrogen-bond donors (Lipinski definition) is 0. The maximum Gasteiger partial charge on any atom is 0.481 e. The molecule has 6 nitrogen and oxygen atoms in total. The smallest absolute Gasteiger partial charge is 0.462 e. The maximum absolute atomic E-state index is 11.3. The molecule has 2 bridgehead atoms. The third-order valence-electron chi connectivity index (χ3n) is 2.30. The zero-order valence-corrected chi connectivity index (χ0v) is 7.49. The first kappa shape index (κ1) is 7.94. The summed E-state index contributed by atoms with van der Waals surface area (Å²) in [7, 11) is -3.37. The molecular formula is C6H7O6P. The van der Waals surface area contributed by atoms with E-state index < -0.39 is 25.7 Å². The van der Waals surface area contributed by atoms with Crippen molar-refractivity contribution in [1.29, 1.82) is 0 Å². The van der Waals surface area contributed by atoms with Crippen molar-refractivity contribution in [2.24, 2.45) is 0 Å². The molecule has 4 aliphatic rings. The Labute approximate surface area is 73.7 Å². The normalized spacial score (nSPS) is 53.2. The van der Waals surface area contributed by atoms with Crippen LogP contribution < -0.4 is 0 Å². The molecular weight excluding hydrogens is 199 g/mol. The molecule has 13 heavy (non-hydrogen) atoms. The number of ether oxygens (including phenoxy) is 1. The van der Waals surface area contributed by atoms with Crippen LogP contribution in [0.1, 0.15) is 12.8 Å². The highest BCUT2D eigenvalue weighted by Gasteiger charge is 2.76. The maximum atomic E-state index is 11.3. The minimum absolute atomic E-state index is 0.331. The van der Waals surface area contributed by atoms with Crippen LogP contribution in [-0.2, 0) is 27.7 Å². The van der Waals surface area contributed by atoms with Gasteiger partial charge in [0.1, 0.15) is 6.10 Å². The number of phosphoric acid groups is 1. The molecule has 0 saturated carbocycles. The third kappa shape index (κ3) is 0.840. The number of carbonyl (C=O) groups is 1. The second-order valence-electron chi connectivity index (χ2n) is 3.17. The Morgan fingerprint density at radius 1 is 1.46 bits per heavy atom. The topological polar surface area (TPSA) is 71.1 Å². The van der Waals surface area contributed by atoms with Crippen molar-refractivity contribution in [1.82, 2.24) is 0 Å². The van der Waals surface area contributed by atoms with Crippen molar-refractivity contribution in [2.75, 3.05) is 6.61 Å². The number of phosphoric ester groups is 1. The fourth-order valence-electron chi connectivity index (χ4n) is 1.71. The molecule has 0 aromatic carbocycles. The zero-order chi connectivity index (χ0) is 9.10. The molecule has 0 radical (unpaired) electrons. The molecule has 1 unspecified atom stereocenters. The Balaban J connectivity index is 1.99. The van der Waals surface area contributed by atoms with Crippen LogP contribution in [-0.4, -0.2) is 24.5 Å². The van der Waals surface area contributed by atoms with Gasteiger partial charge >= 0.3 is 19.6 Å². The van der Waals surface area contributed by atoms with E-state index in [1.807, 2.05) is 0 Å². The lowest BCUT2D eigenvalue weighted by Crippen LogP contribution is -2.51. The fraction of sp³-hybridized carbons (Fsp3) is 0.833. The summed E-state index contributed by atoms with van der Waals surface area (Å²) in [6.07, 6.45) is 0.675. The van der Waals surface area contributed by atoms with Crippen LogP contribution in [0, 0.1) is 0 Å². The first-order valence-corrected chi connectivity index (χ1v) is 5.48. The molecule has 4 aliphatic heterocycles. The van der Waals surface area contributed by atoms with Gasteiger partial charge in [-0.15, -0.1) is 0 Å². The lowest BCUT2D eigenvalue weighted by atomic mass is 10.1. The van der Waals surface area contributed by atoms with Crippen LogP contribution in [0.2, 0.25) is 0 Å². The minimum atomic E-state index is -3.37. The fourth-order valence-corrected chi connectivity index (χ4v) is 3.41. The van der Waals surface area contributed by atoms with E-state index in [4.69, 9.17) is 18.3 Å². The quantitative estimate of drug-likeness (QED) is 0.426. The average Bonchev–Trinajstić information content (AvgIpc) is 2.41. The molecule has 4 fully saturated rings. The largest absolute Gasteiger partial charge is 0.481 e. The van der Waals surface area contributed by atoms with Crippen LogP contribution in [0.4, 0.5) is 0 Å². The molecule has 0 aromatic rings. The highest BCUT2D eigenvalue weighted by atomic mass is 31.2. The highest BCUT2D eigenvalue weighted by molar-refractivity contribution is 7.50. The molecule has 7 heteroatoms. The monoisotopic (exact) mass is 206 g/mol. The highest BCUT2D eigenvalue weighted by Crippen LogP contribution is 2.75. The molecule has 0 aliphatic carbocycles. The molecule has 4 heterocycles.